The average Bonchev–Trinajstić information content (AvgIpc) is 3.04. The summed E-state index contributed by atoms with van der Waals surface area (Å²) in [4.78, 5) is 60.7. The van der Waals surface area contributed by atoms with Crippen molar-refractivity contribution in [2.45, 2.75) is 57.1 Å². The molecule has 13 heteroatoms. The van der Waals surface area contributed by atoms with Gasteiger partial charge in [-0.3, -0.25) is 14.6 Å². The topological polar surface area (TPSA) is 160 Å². The molecule has 0 unspecified atom stereocenters. The molecular formula is C33H39N5O7S. The number of carbonyl (C=O) groups is 4. The van der Waals surface area contributed by atoms with Crippen LogP contribution in [0.4, 0.5) is 4.79 Å². The van der Waals surface area contributed by atoms with Crippen LogP contribution in [0.5, 0.6) is 5.75 Å². The standard InChI is InChI=1S/C33H39N5O7S/c1-33(2,3)45-32(43)38-17-13-23(14-18-38)36-29(40)22-10-8-21(9-11-22)25-12-16-35-27(28(25)39)30(41)37-26(31(42)44-4)20-46-19-24-7-5-6-15-34-24/h5-12,15-16,23,26,39H,13-14,17-20H2,1-4H3,(H,36,40)(H,37,41)/t26-/m0/s1. The maximum Gasteiger partial charge on any atom is 0.410 e. The quantitative estimate of drug-likeness (QED) is 0.272. The highest BCUT2D eigenvalue weighted by Crippen LogP contribution is 2.31. The molecule has 0 radical (unpaired) electrons. The maximum atomic E-state index is 13.1. The third-order valence-electron chi connectivity index (χ3n) is 7.13. The number of pyridine rings is 2. The summed E-state index contributed by atoms with van der Waals surface area (Å²) >= 11 is 1.40. The molecule has 3 aromatic rings. The summed E-state index contributed by atoms with van der Waals surface area (Å²) in [5.41, 5.74) is 1.34. The molecule has 1 aromatic carbocycles. The number of amides is 3. The maximum absolute atomic E-state index is 13.1. The van der Waals surface area contributed by atoms with Crippen LogP contribution >= 0.6 is 11.8 Å². The number of nitrogens with zero attached hydrogens (tertiary/aromatic N) is 3. The lowest BCUT2D eigenvalue weighted by Crippen LogP contribution is -2.47. The van der Waals surface area contributed by atoms with E-state index >= 15 is 0 Å². The number of likely N-dealkylation sites (tertiary alicyclic amines) is 1. The lowest BCUT2D eigenvalue weighted by Gasteiger charge is -2.33. The second kappa shape index (κ2) is 15.6. The first-order valence-corrected chi connectivity index (χ1v) is 16.0. The van der Waals surface area contributed by atoms with E-state index in [1.54, 1.807) is 41.4 Å². The number of aromatic nitrogens is 2. The Balaban J connectivity index is 1.35. The Morgan fingerprint density at radius 2 is 1.72 bits per heavy atom. The van der Waals surface area contributed by atoms with Crippen molar-refractivity contribution in [1.29, 1.82) is 0 Å². The molecule has 244 valence electrons. The van der Waals surface area contributed by atoms with Crippen LogP contribution in [0.3, 0.4) is 0 Å². The van der Waals surface area contributed by atoms with Crippen molar-refractivity contribution in [3.05, 3.63) is 77.9 Å². The number of piperidine rings is 1. The highest BCUT2D eigenvalue weighted by atomic mass is 32.2. The number of hydrogen-bond acceptors (Lipinski definition) is 10. The monoisotopic (exact) mass is 649 g/mol. The fraction of sp³-hybridized carbons (Fsp3) is 0.394. The molecule has 46 heavy (non-hydrogen) atoms. The van der Waals surface area contributed by atoms with E-state index in [9.17, 15) is 24.3 Å². The molecule has 3 heterocycles. The molecule has 1 atom stereocenters. The van der Waals surface area contributed by atoms with Crippen LogP contribution in [0.2, 0.25) is 0 Å². The number of thioether (sulfide) groups is 1. The summed E-state index contributed by atoms with van der Waals surface area (Å²) in [5.74, 6) is -1.22. The molecule has 0 aliphatic carbocycles. The van der Waals surface area contributed by atoms with Crippen LogP contribution in [0.25, 0.3) is 11.1 Å². The molecule has 1 aliphatic rings. The lowest BCUT2D eigenvalue weighted by atomic mass is 10.0. The zero-order chi connectivity index (χ0) is 33.3. The summed E-state index contributed by atoms with van der Waals surface area (Å²) in [7, 11) is 1.24. The highest BCUT2D eigenvalue weighted by Gasteiger charge is 2.28. The van der Waals surface area contributed by atoms with Gasteiger partial charge in [0.05, 0.1) is 12.8 Å². The SMILES string of the molecule is COC(=O)[C@H](CSCc1ccccn1)NC(=O)c1nccc(-c2ccc(C(=O)NC3CCN(C(=O)OC(C)(C)C)CC3)cc2)c1O. The number of rotatable bonds is 10. The van der Waals surface area contributed by atoms with Gasteiger partial charge >= 0.3 is 12.1 Å². The zero-order valence-corrected chi connectivity index (χ0v) is 27.1. The van der Waals surface area contributed by atoms with Crippen molar-refractivity contribution >= 4 is 35.6 Å². The van der Waals surface area contributed by atoms with Gasteiger partial charge in [-0.05, 0) is 69.5 Å². The van der Waals surface area contributed by atoms with Gasteiger partial charge < -0.3 is 30.1 Å². The van der Waals surface area contributed by atoms with Gasteiger partial charge in [0.1, 0.15) is 11.6 Å². The van der Waals surface area contributed by atoms with E-state index in [-0.39, 0.29) is 35.2 Å². The van der Waals surface area contributed by atoms with Crippen molar-refractivity contribution in [1.82, 2.24) is 25.5 Å². The number of carbonyl (C=O) groups excluding carboxylic acids is 4. The summed E-state index contributed by atoms with van der Waals surface area (Å²) in [6, 6.07) is 12.6. The molecule has 3 amide bonds. The summed E-state index contributed by atoms with van der Waals surface area (Å²) in [5, 5.41) is 16.6. The van der Waals surface area contributed by atoms with E-state index < -0.39 is 23.5 Å². The third kappa shape index (κ3) is 9.43. The predicted molar refractivity (Wildman–Crippen MR) is 173 cm³/mol. The Morgan fingerprint density at radius 1 is 1.00 bits per heavy atom. The van der Waals surface area contributed by atoms with E-state index in [1.165, 1.54) is 25.1 Å². The molecule has 0 bridgehead atoms. The minimum atomic E-state index is -0.974. The van der Waals surface area contributed by atoms with Crippen LogP contribution < -0.4 is 10.6 Å². The van der Waals surface area contributed by atoms with Crippen LogP contribution in [0.1, 0.15) is 60.2 Å². The first-order chi connectivity index (χ1) is 21.9. The second-order valence-electron chi connectivity index (χ2n) is 11.7. The van der Waals surface area contributed by atoms with Gasteiger partial charge in [0.2, 0.25) is 0 Å². The molecule has 1 aliphatic heterocycles. The Morgan fingerprint density at radius 3 is 2.35 bits per heavy atom. The second-order valence-corrected chi connectivity index (χ2v) is 12.8. The zero-order valence-electron chi connectivity index (χ0n) is 26.3. The predicted octanol–water partition coefficient (Wildman–Crippen LogP) is 4.18. The number of hydrogen-bond donors (Lipinski definition) is 3. The normalized spacial score (nSPS) is 14.2. The van der Waals surface area contributed by atoms with Gasteiger partial charge in [0, 0.05) is 54.2 Å². The third-order valence-corrected chi connectivity index (χ3v) is 8.20. The van der Waals surface area contributed by atoms with Crippen molar-refractivity contribution in [3.8, 4) is 16.9 Å². The molecule has 0 saturated carbocycles. The number of benzene rings is 1. The fourth-order valence-electron chi connectivity index (χ4n) is 4.76. The molecular weight excluding hydrogens is 610 g/mol. The largest absolute Gasteiger partial charge is 0.505 e. The first-order valence-electron chi connectivity index (χ1n) is 14.9. The number of ether oxygens (including phenoxy) is 2. The van der Waals surface area contributed by atoms with Gasteiger partial charge in [0.15, 0.2) is 11.4 Å². The highest BCUT2D eigenvalue weighted by molar-refractivity contribution is 7.98. The van der Waals surface area contributed by atoms with Crippen molar-refractivity contribution < 1.29 is 33.8 Å². The van der Waals surface area contributed by atoms with E-state index in [1.807, 2.05) is 39.0 Å². The fourth-order valence-corrected chi connectivity index (χ4v) is 5.71. The Kier molecular flexibility index (Phi) is 11.6. The Hall–Kier alpha value is -4.65. The van der Waals surface area contributed by atoms with Crippen LogP contribution in [0, 0.1) is 0 Å². The summed E-state index contributed by atoms with van der Waals surface area (Å²) in [6.07, 6.45) is 3.93. The Bertz CT molecular complexity index is 1520. The molecule has 4 rings (SSSR count). The van der Waals surface area contributed by atoms with Gasteiger partial charge in [0.25, 0.3) is 11.8 Å². The summed E-state index contributed by atoms with van der Waals surface area (Å²) < 4.78 is 10.3. The van der Waals surface area contributed by atoms with Gasteiger partial charge in [-0.15, -0.1) is 0 Å². The van der Waals surface area contributed by atoms with E-state index in [2.05, 4.69) is 20.6 Å². The molecule has 2 aromatic heterocycles. The van der Waals surface area contributed by atoms with Crippen molar-refractivity contribution in [3.63, 3.8) is 0 Å². The number of methoxy groups -OCH3 is 1. The minimum Gasteiger partial charge on any atom is -0.505 e. The Labute approximate surface area is 272 Å². The van der Waals surface area contributed by atoms with Gasteiger partial charge in [-0.25, -0.2) is 14.6 Å². The molecule has 0 spiro atoms. The van der Waals surface area contributed by atoms with E-state index in [0.29, 0.717) is 48.4 Å². The average molecular weight is 650 g/mol. The number of esters is 1. The van der Waals surface area contributed by atoms with E-state index in [4.69, 9.17) is 9.47 Å². The molecule has 3 N–H and O–H groups in total. The first kappa shape index (κ1) is 34.2. The number of aromatic hydroxyl groups is 1. The molecule has 1 fully saturated rings. The van der Waals surface area contributed by atoms with Crippen LogP contribution in [-0.2, 0) is 20.0 Å². The van der Waals surface area contributed by atoms with Crippen LogP contribution in [0.15, 0.2) is 60.9 Å². The molecule has 12 nitrogen and oxygen atoms in total. The van der Waals surface area contributed by atoms with Crippen molar-refractivity contribution in [2.75, 3.05) is 26.0 Å². The van der Waals surface area contributed by atoms with E-state index in [0.717, 1.165) is 5.69 Å². The van der Waals surface area contributed by atoms with Crippen molar-refractivity contribution in [2.24, 2.45) is 0 Å². The van der Waals surface area contributed by atoms with Gasteiger partial charge in [-0.2, -0.15) is 11.8 Å². The minimum absolute atomic E-state index is 0.0848. The number of nitrogens with one attached hydrogen (secondary N) is 2. The van der Waals surface area contributed by atoms with Crippen LogP contribution in [-0.4, -0.2) is 87.5 Å². The lowest BCUT2D eigenvalue weighted by molar-refractivity contribution is -0.142. The smallest absolute Gasteiger partial charge is 0.410 e. The summed E-state index contributed by atoms with van der Waals surface area (Å²) in [6.45, 7) is 6.44. The molecule has 1 saturated heterocycles. The van der Waals surface area contributed by atoms with Gasteiger partial charge in [-0.1, -0.05) is 18.2 Å².